The fraction of sp³-hybridized carbons (Fsp3) is 0.111. The van der Waals surface area contributed by atoms with Crippen molar-refractivity contribution in [1.29, 1.82) is 0 Å². The van der Waals surface area contributed by atoms with Crippen LogP contribution in [0.25, 0.3) is 33.3 Å². The molecule has 0 amide bonds. The number of para-hydroxylation sites is 5. The van der Waals surface area contributed by atoms with Crippen LogP contribution >= 0.6 is 0 Å². The lowest BCUT2D eigenvalue weighted by Gasteiger charge is -2.40. The number of fused-ring (bicyclic) bond motifs is 3. The van der Waals surface area contributed by atoms with Crippen molar-refractivity contribution in [1.82, 2.24) is 4.98 Å². The van der Waals surface area contributed by atoms with Gasteiger partial charge in [0.2, 0.25) is 0 Å². The molecule has 7 aromatic rings. The number of methoxy groups -OCH3 is 2. The second kappa shape index (κ2) is 13.6. The fourth-order valence-electron chi connectivity index (χ4n) is 7.07. The average Bonchev–Trinajstić information content (AvgIpc) is 3.20. The number of pyridine rings is 1. The Kier molecular flexibility index (Phi) is 8.53. The molecular formula is C45H37N3O4. The van der Waals surface area contributed by atoms with E-state index in [0.717, 1.165) is 73.0 Å². The molecule has 8 rings (SSSR count). The molecule has 0 fully saturated rings. The number of rotatable bonds is 8. The van der Waals surface area contributed by atoms with Gasteiger partial charge in [-0.2, -0.15) is 0 Å². The first-order valence-electron chi connectivity index (χ1n) is 17.3. The van der Waals surface area contributed by atoms with Crippen molar-refractivity contribution in [2.75, 3.05) is 30.6 Å². The highest BCUT2D eigenvalue weighted by Gasteiger charge is 2.31. The third-order valence-electron chi connectivity index (χ3n) is 9.48. The van der Waals surface area contributed by atoms with Gasteiger partial charge in [-0.3, -0.25) is 0 Å². The molecule has 0 atom stereocenters. The highest BCUT2D eigenvalue weighted by molar-refractivity contribution is 6.10. The molecule has 256 valence electrons. The van der Waals surface area contributed by atoms with E-state index in [2.05, 4.69) is 108 Å². The largest absolute Gasteiger partial charge is 0.497 e. The first kappa shape index (κ1) is 32.6. The average molecular weight is 684 g/mol. The van der Waals surface area contributed by atoms with E-state index in [1.54, 1.807) is 33.3 Å². The smallest absolute Gasteiger partial charge is 0.338 e. The van der Waals surface area contributed by atoms with Gasteiger partial charge in [0, 0.05) is 22.7 Å². The third kappa shape index (κ3) is 5.66. The molecule has 1 aliphatic heterocycles. The molecule has 0 bridgehead atoms. The van der Waals surface area contributed by atoms with Crippen LogP contribution in [0.15, 0.2) is 140 Å². The van der Waals surface area contributed by atoms with Crippen LogP contribution in [0.2, 0.25) is 0 Å². The van der Waals surface area contributed by atoms with Crippen LogP contribution in [-0.4, -0.2) is 31.8 Å². The SMILES string of the molecule is CCOC(=O)c1ccc(-c2cc(-c3cc(OC)cc(OC)c3)c3c(C)ccc(N4c5ccccc5N(c5ccccc5)c5ccccc54)c3n2)cc1. The number of carbonyl (C=O) groups is 1. The van der Waals surface area contributed by atoms with Gasteiger partial charge in [0.15, 0.2) is 0 Å². The molecule has 0 unspecified atom stereocenters. The molecule has 0 spiro atoms. The minimum atomic E-state index is -0.352. The van der Waals surface area contributed by atoms with Crippen molar-refractivity contribution < 1.29 is 19.0 Å². The number of aryl methyl sites for hydroxylation is 1. The van der Waals surface area contributed by atoms with Crippen LogP contribution in [0.5, 0.6) is 11.5 Å². The van der Waals surface area contributed by atoms with E-state index in [1.165, 1.54) is 0 Å². The standard InChI is InChI=1S/C45H37N3O4/c1-5-52-45(49)31-22-20-30(21-23-31)37-28-36(32-25-34(50-3)27-35(26-32)51-4)43-29(2)19-24-42(44(43)46-37)48-40-17-11-9-15-38(40)47(33-13-7-6-8-14-33)39-16-10-12-18-41(39)48/h6-28H,5H2,1-4H3. The van der Waals surface area contributed by atoms with Gasteiger partial charge < -0.3 is 24.0 Å². The predicted molar refractivity (Wildman–Crippen MR) is 209 cm³/mol. The molecule has 1 aliphatic rings. The van der Waals surface area contributed by atoms with Crippen molar-refractivity contribution in [2.45, 2.75) is 13.8 Å². The van der Waals surface area contributed by atoms with Crippen LogP contribution in [0.1, 0.15) is 22.8 Å². The quantitative estimate of drug-likeness (QED) is 0.148. The Morgan fingerprint density at radius 2 is 1.19 bits per heavy atom. The van der Waals surface area contributed by atoms with E-state index >= 15 is 0 Å². The van der Waals surface area contributed by atoms with Crippen LogP contribution < -0.4 is 19.3 Å². The summed E-state index contributed by atoms with van der Waals surface area (Å²) in [5, 5.41) is 1.01. The van der Waals surface area contributed by atoms with Gasteiger partial charge in [-0.25, -0.2) is 9.78 Å². The molecule has 6 aromatic carbocycles. The van der Waals surface area contributed by atoms with Gasteiger partial charge in [0.1, 0.15) is 11.5 Å². The highest BCUT2D eigenvalue weighted by Crippen LogP contribution is 2.55. The van der Waals surface area contributed by atoms with E-state index in [4.69, 9.17) is 19.2 Å². The molecular weight excluding hydrogens is 647 g/mol. The van der Waals surface area contributed by atoms with E-state index in [1.807, 2.05) is 36.4 Å². The van der Waals surface area contributed by atoms with Crippen molar-refractivity contribution in [3.05, 3.63) is 151 Å². The van der Waals surface area contributed by atoms with E-state index in [0.29, 0.717) is 23.7 Å². The molecule has 0 N–H and O–H groups in total. The predicted octanol–water partition coefficient (Wildman–Crippen LogP) is 11.3. The Morgan fingerprint density at radius 1 is 0.615 bits per heavy atom. The van der Waals surface area contributed by atoms with Gasteiger partial charge in [0.05, 0.1) is 66.0 Å². The number of nitrogens with zero attached hydrogens (tertiary/aromatic N) is 3. The molecule has 0 radical (unpaired) electrons. The molecule has 2 heterocycles. The molecule has 52 heavy (non-hydrogen) atoms. The molecule has 0 aliphatic carbocycles. The lowest BCUT2D eigenvalue weighted by Crippen LogP contribution is -2.24. The fourth-order valence-corrected chi connectivity index (χ4v) is 7.07. The number of ether oxygens (including phenoxy) is 3. The molecule has 7 heteroatoms. The van der Waals surface area contributed by atoms with Crippen LogP contribution in [0.3, 0.4) is 0 Å². The molecule has 0 saturated heterocycles. The van der Waals surface area contributed by atoms with Gasteiger partial charge in [-0.15, -0.1) is 0 Å². The number of anilines is 6. The normalized spacial score (nSPS) is 11.9. The lowest BCUT2D eigenvalue weighted by molar-refractivity contribution is 0.0526. The number of aromatic nitrogens is 1. The summed E-state index contributed by atoms with van der Waals surface area (Å²) in [6, 6.07) is 47.3. The summed E-state index contributed by atoms with van der Waals surface area (Å²) in [7, 11) is 3.32. The summed E-state index contributed by atoms with van der Waals surface area (Å²) in [5.41, 5.74) is 12.2. The number of hydrogen-bond donors (Lipinski definition) is 0. The van der Waals surface area contributed by atoms with Crippen LogP contribution in [0.4, 0.5) is 34.1 Å². The Balaban J connectivity index is 1.41. The Hall–Kier alpha value is -6.60. The lowest BCUT2D eigenvalue weighted by atomic mass is 9.93. The van der Waals surface area contributed by atoms with E-state index in [-0.39, 0.29) is 5.97 Å². The maximum atomic E-state index is 12.5. The second-order valence-corrected chi connectivity index (χ2v) is 12.6. The maximum absolute atomic E-state index is 12.5. The van der Waals surface area contributed by atoms with E-state index in [9.17, 15) is 4.79 Å². The zero-order valence-electron chi connectivity index (χ0n) is 29.5. The van der Waals surface area contributed by atoms with Gasteiger partial charge in [0.25, 0.3) is 0 Å². The highest BCUT2D eigenvalue weighted by atomic mass is 16.5. The van der Waals surface area contributed by atoms with Crippen LogP contribution in [-0.2, 0) is 4.74 Å². The summed E-state index contributed by atoms with van der Waals surface area (Å²) < 4.78 is 16.7. The van der Waals surface area contributed by atoms with Crippen molar-refractivity contribution >= 4 is 51.0 Å². The molecule has 0 saturated carbocycles. The van der Waals surface area contributed by atoms with Crippen molar-refractivity contribution in [3.63, 3.8) is 0 Å². The zero-order valence-corrected chi connectivity index (χ0v) is 29.5. The molecule has 1 aromatic heterocycles. The second-order valence-electron chi connectivity index (χ2n) is 12.6. The number of esters is 1. The van der Waals surface area contributed by atoms with Crippen LogP contribution in [0, 0.1) is 6.92 Å². The van der Waals surface area contributed by atoms with Gasteiger partial charge in [-0.05, 0) is 103 Å². The summed E-state index contributed by atoms with van der Waals surface area (Å²) in [5.74, 6) is 1.02. The monoisotopic (exact) mass is 683 g/mol. The number of hydrogen-bond acceptors (Lipinski definition) is 7. The minimum Gasteiger partial charge on any atom is -0.497 e. The topological polar surface area (TPSA) is 64.1 Å². The number of benzene rings is 6. The number of carbonyl (C=O) groups excluding carboxylic acids is 1. The van der Waals surface area contributed by atoms with Crippen molar-refractivity contribution in [2.24, 2.45) is 0 Å². The third-order valence-corrected chi connectivity index (χ3v) is 9.48. The Morgan fingerprint density at radius 3 is 1.77 bits per heavy atom. The molecule has 7 nitrogen and oxygen atoms in total. The summed E-state index contributed by atoms with van der Waals surface area (Å²) in [4.78, 5) is 22.6. The Labute approximate surface area is 303 Å². The first-order chi connectivity index (χ1) is 25.5. The Bertz CT molecular complexity index is 2370. The van der Waals surface area contributed by atoms with Gasteiger partial charge >= 0.3 is 5.97 Å². The van der Waals surface area contributed by atoms with Gasteiger partial charge in [-0.1, -0.05) is 60.7 Å². The van der Waals surface area contributed by atoms with Crippen molar-refractivity contribution in [3.8, 4) is 33.9 Å². The summed E-state index contributed by atoms with van der Waals surface area (Å²) in [6.07, 6.45) is 0. The maximum Gasteiger partial charge on any atom is 0.338 e. The van der Waals surface area contributed by atoms with E-state index < -0.39 is 0 Å². The summed E-state index contributed by atoms with van der Waals surface area (Å²) in [6.45, 7) is 4.24. The summed E-state index contributed by atoms with van der Waals surface area (Å²) >= 11 is 0. The minimum absolute atomic E-state index is 0.314. The first-order valence-corrected chi connectivity index (χ1v) is 17.3. The zero-order chi connectivity index (χ0) is 35.8.